The summed E-state index contributed by atoms with van der Waals surface area (Å²) in [5.74, 6) is 0. The Bertz CT molecular complexity index is 603. The number of hydrogen-bond donors (Lipinski definition) is 2. The average molecular weight is 389 g/mol. The van der Waals surface area contributed by atoms with E-state index >= 15 is 0 Å². The van der Waals surface area contributed by atoms with Crippen molar-refractivity contribution in [1.29, 1.82) is 0 Å². The van der Waals surface area contributed by atoms with E-state index in [-0.39, 0.29) is 30.0 Å². The third-order valence-electron chi connectivity index (χ3n) is 2.76. The van der Waals surface area contributed by atoms with E-state index < -0.39 is 22.6 Å². The Labute approximate surface area is 130 Å². The lowest BCUT2D eigenvalue weighted by Crippen LogP contribution is -2.26. The van der Waals surface area contributed by atoms with Crippen molar-refractivity contribution in [1.82, 2.24) is 4.72 Å². The molecule has 0 unspecified atom stereocenters. The number of nitrogens with two attached hydrogens (primary N) is 1. The van der Waals surface area contributed by atoms with Crippen molar-refractivity contribution in [3.63, 3.8) is 0 Å². The van der Waals surface area contributed by atoms with Crippen LogP contribution in [0.15, 0.2) is 21.5 Å². The van der Waals surface area contributed by atoms with E-state index in [1.807, 2.05) is 0 Å². The molecule has 3 N–H and O–H groups in total. The van der Waals surface area contributed by atoms with Crippen LogP contribution in [0.5, 0.6) is 0 Å². The van der Waals surface area contributed by atoms with Crippen LogP contribution >= 0.6 is 15.9 Å². The van der Waals surface area contributed by atoms with Crippen LogP contribution in [-0.2, 0) is 10.0 Å². The highest BCUT2D eigenvalue weighted by molar-refractivity contribution is 9.10. The average Bonchev–Trinajstić information content (AvgIpc) is 2.31. The van der Waals surface area contributed by atoms with E-state index in [9.17, 15) is 21.6 Å². The molecule has 0 amide bonds. The molecular weight excluding hydrogens is 373 g/mol. The molecule has 0 aliphatic heterocycles. The number of benzene rings is 1. The fourth-order valence-corrected chi connectivity index (χ4v) is 3.48. The van der Waals surface area contributed by atoms with E-state index in [1.165, 1.54) is 6.07 Å². The maximum absolute atomic E-state index is 12.1. The summed E-state index contributed by atoms with van der Waals surface area (Å²) < 4.78 is 62.9. The van der Waals surface area contributed by atoms with E-state index in [2.05, 4.69) is 20.7 Å². The van der Waals surface area contributed by atoms with Gasteiger partial charge >= 0.3 is 6.18 Å². The molecule has 21 heavy (non-hydrogen) atoms. The summed E-state index contributed by atoms with van der Waals surface area (Å²) in [4.78, 5) is 0.0269. The zero-order chi connectivity index (χ0) is 16.3. The Kier molecular flexibility index (Phi) is 6.06. The normalized spacial score (nSPS) is 12.6. The zero-order valence-corrected chi connectivity index (χ0v) is 13.7. The van der Waals surface area contributed by atoms with Crippen molar-refractivity contribution in [3.05, 3.63) is 22.2 Å². The molecule has 0 aliphatic carbocycles. The standard InChI is InChI=1S/C12H16BrF3N2O2S/c1-8-6-9(13)10(17)7-11(8)21(19,20)18-5-3-2-4-12(14,15)16/h6-7,18H,2-5,17H2,1H3. The minimum absolute atomic E-state index is 0.0269. The molecule has 0 saturated carbocycles. The molecule has 0 atom stereocenters. The van der Waals surface area contributed by atoms with Crippen molar-refractivity contribution >= 4 is 31.6 Å². The highest BCUT2D eigenvalue weighted by Crippen LogP contribution is 2.26. The number of rotatable bonds is 6. The molecule has 0 radical (unpaired) electrons. The summed E-state index contributed by atoms with van der Waals surface area (Å²) in [6.07, 6.45) is -5.13. The summed E-state index contributed by atoms with van der Waals surface area (Å²) in [6, 6.07) is 2.89. The predicted octanol–water partition coefficient (Wildman–Crippen LogP) is 3.35. The lowest BCUT2D eigenvalue weighted by molar-refractivity contribution is -0.135. The van der Waals surface area contributed by atoms with Gasteiger partial charge in [-0.05, 0) is 53.4 Å². The van der Waals surface area contributed by atoms with Gasteiger partial charge in [0.1, 0.15) is 0 Å². The largest absolute Gasteiger partial charge is 0.398 e. The molecule has 0 aromatic heterocycles. The fraction of sp³-hybridized carbons (Fsp3) is 0.500. The van der Waals surface area contributed by atoms with Gasteiger partial charge in [-0.25, -0.2) is 13.1 Å². The molecule has 0 saturated heterocycles. The summed E-state index contributed by atoms with van der Waals surface area (Å²) in [7, 11) is -3.78. The van der Waals surface area contributed by atoms with Gasteiger partial charge in [-0.3, -0.25) is 0 Å². The summed E-state index contributed by atoms with van der Waals surface area (Å²) >= 11 is 3.19. The Hall–Kier alpha value is -0.800. The molecule has 0 heterocycles. The summed E-state index contributed by atoms with van der Waals surface area (Å²) in [5, 5.41) is 0. The fourth-order valence-electron chi connectivity index (χ4n) is 1.69. The van der Waals surface area contributed by atoms with Crippen LogP contribution in [-0.4, -0.2) is 21.1 Å². The lowest BCUT2D eigenvalue weighted by Gasteiger charge is -2.11. The first-order chi connectivity index (χ1) is 9.53. The highest BCUT2D eigenvalue weighted by Gasteiger charge is 2.26. The number of nitrogens with one attached hydrogen (secondary N) is 1. The van der Waals surface area contributed by atoms with Gasteiger partial charge in [0.05, 0.1) is 4.90 Å². The molecule has 0 fully saturated rings. The topological polar surface area (TPSA) is 72.2 Å². The van der Waals surface area contributed by atoms with Crippen LogP contribution in [0.3, 0.4) is 0 Å². The van der Waals surface area contributed by atoms with Crippen molar-refractivity contribution in [3.8, 4) is 0 Å². The van der Waals surface area contributed by atoms with Gasteiger partial charge in [0.25, 0.3) is 0 Å². The number of anilines is 1. The Balaban J connectivity index is 2.64. The van der Waals surface area contributed by atoms with Gasteiger partial charge in [0.2, 0.25) is 10.0 Å². The van der Waals surface area contributed by atoms with Crippen LogP contribution < -0.4 is 10.5 Å². The maximum atomic E-state index is 12.1. The van der Waals surface area contributed by atoms with E-state index in [0.29, 0.717) is 10.0 Å². The number of alkyl halides is 3. The number of sulfonamides is 1. The van der Waals surface area contributed by atoms with E-state index in [4.69, 9.17) is 5.73 Å². The first-order valence-electron chi connectivity index (χ1n) is 6.15. The van der Waals surface area contributed by atoms with Gasteiger partial charge < -0.3 is 5.73 Å². The molecule has 0 bridgehead atoms. The highest BCUT2D eigenvalue weighted by atomic mass is 79.9. The molecule has 120 valence electrons. The van der Waals surface area contributed by atoms with Gasteiger partial charge in [-0.1, -0.05) is 0 Å². The van der Waals surface area contributed by atoms with Crippen molar-refractivity contribution in [2.75, 3.05) is 12.3 Å². The Morgan fingerprint density at radius 1 is 1.29 bits per heavy atom. The third-order valence-corrected chi connectivity index (χ3v) is 5.05. The van der Waals surface area contributed by atoms with E-state index in [0.717, 1.165) is 0 Å². The number of aryl methyl sites for hydroxylation is 1. The van der Waals surface area contributed by atoms with E-state index in [1.54, 1.807) is 13.0 Å². The number of unbranched alkanes of at least 4 members (excludes halogenated alkanes) is 1. The minimum atomic E-state index is -4.21. The zero-order valence-electron chi connectivity index (χ0n) is 11.3. The van der Waals surface area contributed by atoms with Gasteiger partial charge in [-0.15, -0.1) is 0 Å². The number of nitrogen functional groups attached to an aromatic ring is 1. The SMILES string of the molecule is Cc1cc(Br)c(N)cc1S(=O)(=O)NCCCCC(F)(F)F. The molecule has 4 nitrogen and oxygen atoms in total. The Morgan fingerprint density at radius 2 is 1.90 bits per heavy atom. The maximum Gasteiger partial charge on any atom is 0.389 e. The van der Waals surface area contributed by atoms with Crippen LogP contribution in [0, 0.1) is 6.92 Å². The molecule has 1 aromatic rings. The van der Waals surface area contributed by atoms with Crippen molar-refractivity contribution in [2.24, 2.45) is 0 Å². The van der Waals surface area contributed by atoms with Crippen LogP contribution in [0.1, 0.15) is 24.8 Å². The minimum Gasteiger partial charge on any atom is -0.398 e. The summed E-state index contributed by atoms with van der Waals surface area (Å²) in [6.45, 7) is 1.57. The third kappa shape index (κ3) is 5.84. The van der Waals surface area contributed by atoms with Crippen LogP contribution in [0.4, 0.5) is 18.9 Å². The molecule has 1 rings (SSSR count). The first kappa shape index (κ1) is 18.2. The second-order valence-electron chi connectivity index (χ2n) is 4.61. The quantitative estimate of drug-likeness (QED) is 0.579. The monoisotopic (exact) mass is 388 g/mol. The molecule has 0 spiro atoms. The van der Waals surface area contributed by atoms with Gasteiger partial charge in [0.15, 0.2) is 0 Å². The lowest BCUT2D eigenvalue weighted by atomic mass is 10.2. The van der Waals surface area contributed by atoms with Crippen LogP contribution in [0.25, 0.3) is 0 Å². The number of hydrogen-bond acceptors (Lipinski definition) is 3. The van der Waals surface area contributed by atoms with Gasteiger partial charge in [0, 0.05) is 23.1 Å². The van der Waals surface area contributed by atoms with Gasteiger partial charge in [-0.2, -0.15) is 13.2 Å². The molecule has 1 aromatic carbocycles. The first-order valence-corrected chi connectivity index (χ1v) is 8.42. The molecular formula is C12H16BrF3N2O2S. The molecule has 0 aliphatic rings. The smallest absolute Gasteiger partial charge is 0.389 e. The second kappa shape index (κ2) is 6.97. The van der Waals surface area contributed by atoms with Crippen molar-refractivity contribution in [2.45, 2.75) is 37.3 Å². The summed E-state index contributed by atoms with van der Waals surface area (Å²) in [5.41, 5.74) is 6.42. The number of halogens is 4. The molecule has 9 heteroatoms. The Morgan fingerprint density at radius 3 is 2.48 bits per heavy atom. The second-order valence-corrected chi connectivity index (χ2v) is 7.20. The van der Waals surface area contributed by atoms with Crippen molar-refractivity contribution < 1.29 is 21.6 Å². The predicted molar refractivity (Wildman–Crippen MR) is 78.4 cm³/mol. The van der Waals surface area contributed by atoms with Crippen LogP contribution in [0.2, 0.25) is 0 Å².